The van der Waals surface area contributed by atoms with Gasteiger partial charge in [0.05, 0.1) is 0 Å². The number of aliphatic carboxylic acids is 1. The van der Waals surface area contributed by atoms with E-state index in [9.17, 15) is 19.5 Å². The second kappa shape index (κ2) is 10.1. The molecule has 2 aromatic rings. The van der Waals surface area contributed by atoms with Crippen LogP contribution >= 0.6 is 0 Å². The van der Waals surface area contributed by atoms with Crippen molar-refractivity contribution in [1.82, 2.24) is 10.2 Å². The highest BCUT2D eigenvalue weighted by molar-refractivity contribution is 5.87. The molecule has 7 nitrogen and oxygen atoms in total. The summed E-state index contributed by atoms with van der Waals surface area (Å²) in [5.41, 5.74) is 3.39. The molecule has 35 heavy (non-hydrogen) atoms. The first kappa shape index (κ1) is 24.8. The van der Waals surface area contributed by atoms with Gasteiger partial charge in [0.1, 0.15) is 12.1 Å². The average Bonchev–Trinajstić information content (AvgIpc) is 3.17. The van der Waals surface area contributed by atoms with Gasteiger partial charge >= 0.3 is 12.1 Å². The first-order chi connectivity index (χ1) is 16.7. The third-order valence-corrected chi connectivity index (χ3v) is 7.47. The van der Waals surface area contributed by atoms with Gasteiger partial charge in [0.15, 0.2) is 0 Å². The predicted molar refractivity (Wildman–Crippen MR) is 133 cm³/mol. The number of benzene rings is 2. The summed E-state index contributed by atoms with van der Waals surface area (Å²) in [5.74, 6) is -1.53. The number of alkyl carbamates (subject to hydrolysis) is 1. The molecular weight excluding hydrogens is 444 g/mol. The molecule has 2 atom stereocenters. The normalized spacial score (nSPS) is 19.4. The van der Waals surface area contributed by atoms with Gasteiger partial charge in [-0.1, -0.05) is 55.0 Å². The Morgan fingerprint density at radius 3 is 2.20 bits per heavy atom. The smallest absolute Gasteiger partial charge is 0.407 e. The predicted octanol–water partition coefficient (Wildman–Crippen LogP) is 4.80. The molecule has 0 bridgehead atoms. The summed E-state index contributed by atoms with van der Waals surface area (Å²) in [6.45, 7) is 5.44. The van der Waals surface area contributed by atoms with Crippen LogP contribution in [0.25, 0.3) is 11.1 Å². The zero-order valence-electron chi connectivity index (χ0n) is 20.6. The molecule has 7 heteroatoms. The van der Waals surface area contributed by atoms with Crippen molar-refractivity contribution in [2.24, 2.45) is 5.92 Å². The molecule has 0 aliphatic heterocycles. The summed E-state index contributed by atoms with van der Waals surface area (Å²) < 4.78 is 5.67. The van der Waals surface area contributed by atoms with Crippen LogP contribution in [0.1, 0.15) is 63.5 Å². The van der Waals surface area contributed by atoms with E-state index in [1.807, 2.05) is 24.3 Å². The molecule has 2 aromatic carbocycles. The molecule has 0 radical (unpaired) electrons. The van der Waals surface area contributed by atoms with Crippen molar-refractivity contribution in [2.75, 3.05) is 13.2 Å². The van der Waals surface area contributed by atoms with Gasteiger partial charge in [-0.15, -0.1) is 0 Å². The number of hydrogen-bond donors (Lipinski definition) is 2. The van der Waals surface area contributed by atoms with E-state index in [0.29, 0.717) is 19.4 Å². The van der Waals surface area contributed by atoms with Crippen LogP contribution in [0.2, 0.25) is 0 Å². The van der Waals surface area contributed by atoms with E-state index in [1.54, 1.807) is 20.8 Å². The average molecular weight is 479 g/mol. The Labute approximate surface area is 206 Å². The summed E-state index contributed by atoms with van der Waals surface area (Å²) in [7, 11) is 0. The molecule has 0 spiro atoms. The van der Waals surface area contributed by atoms with Crippen molar-refractivity contribution in [2.45, 2.75) is 64.0 Å². The number of carbonyl (C=O) groups is 3. The highest BCUT2D eigenvalue weighted by Crippen LogP contribution is 2.44. The van der Waals surface area contributed by atoms with Crippen LogP contribution in [0.4, 0.5) is 4.79 Å². The van der Waals surface area contributed by atoms with Crippen LogP contribution < -0.4 is 5.32 Å². The third kappa shape index (κ3) is 4.90. The second-order valence-corrected chi connectivity index (χ2v) is 9.98. The number of ether oxygens (including phenoxy) is 1. The Kier molecular flexibility index (Phi) is 7.15. The summed E-state index contributed by atoms with van der Waals surface area (Å²) in [4.78, 5) is 39.0. The Morgan fingerprint density at radius 2 is 1.63 bits per heavy atom. The van der Waals surface area contributed by atoms with Crippen LogP contribution in [0.5, 0.6) is 0 Å². The number of likely N-dealkylation sites (N-methyl/N-ethyl adjacent to an activating group) is 1. The van der Waals surface area contributed by atoms with Gasteiger partial charge in [-0.05, 0) is 62.3 Å². The fraction of sp³-hybridized carbons (Fsp3) is 0.464. The minimum absolute atomic E-state index is 0.00908. The molecule has 1 saturated carbocycles. The maximum atomic E-state index is 13.2. The molecule has 0 heterocycles. The van der Waals surface area contributed by atoms with Crippen LogP contribution in [-0.4, -0.2) is 52.7 Å². The minimum atomic E-state index is -1.28. The minimum Gasteiger partial charge on any atom is -0.480 e. The van der Waals surface area contributed by atoms with Gasteiger partial charge < -0.3 is 20.1 Å². The summed E-state index contributed by atoms with van der Waals surface area (Å²) in [6.07, 6.45) is 2.24. The standard InChI is InChI=1S/C28H34N2O5/c1-4-30(28(2,3)26(32)33)25(31)18-10-9-11-19(16-18)29-27(34)35-17-24-22-14-7-5-12-20(22)21-13-6-8-15-23(21)24/h5-8,12-15,18-19,24H,4,9-11,16-17H2,1-3H3,(H,29,34)(H,32,33)/t18-,19-/m1/s1. The lowest BCUT2D eigenvalue weighted by Crippen LogP contribution is -2.55. The van der Waals surface area contributed by atoms with Gasteiger partial charge in [0.2, 0.25) is 5.91 Å². The number of amides is 2. The highest BCUT2D eigenvalue weighted by Gasteiger charge is 2.41. The second-order valence-electron chi connectivity index (χ2n) is 9.98. The Morgan fingerprint density at radius 1 is 1.03 bits per heavy atom. The molecule has 2 N–H and O–H groups in total. The van der Waals surface area contributed by atoms with E-state index < -0.39 is 17.6 Å². The largest absolute Gasteiger partial charge is 0.480 e. The van der Waals surface area contributed by atoms with Crippen molar-refractivity contribution in [3.05, 3.63) is 59.7 Å². The molecule has 2 aliphatic carbocycles. The molecule has 0 unspecified atom stereocenters. The van der Waals surface area contributed by atoms with Crippen LogP contribution in [0.15, 0.2) is 48.5 Å². The van der Waals surface area contributed by atoms with Crippen molar-refractivity contribution < 1.29 is 24.2 Å². The maximum absolute atomic E-state index is 13.2. The van der Waals surface area contributed by atoms with Gasteiger partial charge in [-0.25, -0.2) is 9.59 Å². The van der Waals surface area contributed by atoms with Gasteiger partial charge in [-0.3, -0.25) is 4.79 Å². The number of carboxylic acids is 1. The van der Waals surface area contributed by atoms with Gasteiger partial charge in [0, 0.05) is 24.4 Å². The first-order valence-corrected chi connectivity index (χ1v) is 12.4. The maximum Gasteiger partial charge on any atom is 0.407 e. The van der Waals surface area contributed by atoms with Crippen LogP contribution in [-0.2, 0) is 14.3 Å². The van der Waals surface area contributed by atoms with E-state index in [0.717, 1.165) is 24.0 Å². The van der Waals surface area contributed by atoms with Crippen molar-refractivity contribution in [3.8, 4) is 11.1 Å². The fourth-order valence-corrected chi connectivity index (χ4v) is 5.51. The van der Waals surface area contributed by atoms with E-state index in [2.05, 4.69) is 29.6 Å². The summed E-state index contributed by atoms with van der Waals surface area (Å²) in [5, 5.41) is 12.5. The number of rotatable bonds is 7. The Balaban J connectivity index is 1.36. The number of nitrogens with one attached hydrogen (secondary N) is 1. The Hall–Kier alpha value is -3.35. The topological polar surface area (TPSA) is 95.9 Å². The number of carbonyl (C=O) groups excluding carboxylic acids is 2. The van der Waals surface area contributed by atoms with E-state index in [4.69, 9.17) is 4.74 Å². The zero-order chi connectivity index (χ0) is 25.2. The van der Waals surface area contributed by atoms with E-state index >= 15 is 0 Å². The molecule has 1 fully saturated rings. The molecule has 186 valence electrons. The lowest BCUT2D eigenvalue weighted by molar-refractivity contribution is -0.159. The monoisotopic (exact) mass is 478 g/mol. The number of fused-ring (bicyclic) bond motifs is 3. The zero-order valence-corrected chi connectivity index (χ0v) is 20.6. The highest BCUT2D eigenvalue weighted by atomic mass is 16.5. The van der Waals surface area contributed by atoms with E-state index in [1.165, 1.54) is 16.0 Å². The SMILES string of the molecule is CCN(C(=O)[C@@H]1CCC[C@@H](NC(=O)OCC2c3ccccc3-c3ccccc32)C1)C(C)(C)C(=O)O. The summed E-state index contributed by atoms with van der Waals surface area (Å²) in [6, 6.07) is 16.2. The number of nitrogens with zero attached hydrogens (tertiary/aromatic N) is 1. The van der Waals surface area contributed by atoms with Gasteiger partial charge in [0.25, 0.3) is 0 Å². The number of hydrogen-bond acceptors (Lipinski definition) is 4. The van der Waals surface area contributed by atoms with Crippen LogP contribution in [0, 0.1) is 5.92 Å². The molecular formula is C28H34N2O5. The number of carboxylic acid groups (broad SMARTS) is 1. The fourth-order valence-electron chi connectivity index (χ4n) is 5.51. The Bertz CT molecular complexity index is 1070. The van der Waals surface area contributed by atoms with Gasteiger partial charge in [-0.2, -0.15) is 0 Å². The third-order valence-electron chi connectivity index (χ3n) is 7.47. The molecule has 4 rings (SSSR count). The van der Waals surface area contributed by atoms with E-state index in [-0.39, 0.29) is 30.4 Å². The molecule has 2 aliphatic rings. The first-order valence-electron chi connectivity index (χ1n) is 12.4. The quantitative estimate of drug-likeness (QED) is 0.596. The molecule has 0 saturated heterocycles. The van der Waals surface area contributed by atoms with Crippen molar-refractivity contribution in [3.63, 3.8) is 0 Å². The molecule has 2 amide bonds. The lowest BCUT2D eigenvalue weighted by atomic mass is 9.84. The summed E-state index contributed by atoms with van der Waals surface area (Å²) >= 11 is 0. The van der Waals surface area contributed by atoms with Crippen LogP contribution in [0.3, 0.4) is 0 Å². The lowest BCUT2D eigenvalue weighted by Gasteiger charge is -2.38. The van der Waals surface area contributed by atoms with Crippen molar-refractivity contribution >= 4 is 18.0 Å². The van der Waals surface area contributed by atoms with Crippen molar-refractivity contribution in [1.29, 1.82) is 0 Å². The molecule has 0 aromatic heterocycles.